The topological polar surface area (TPSA) is 50.4 Å². The van der Waals surface area contributed by atoms with Crippen LogP contribution in [0.1, 0.15) is 34.5 Å². The fourth-order valence-corrected chi connectivity index (χ4v) is 3.47. The zero-order valence-electron chi connectivity index (χ0n) is 12.9. The van der Waals surface area contributed by atoms with Crippen LogP contribution in [0.4, 0.5) is 0 Å². The molecule has 2 aromatic carbocycles. The second-order valence-electron chi connectivity index (χ2n) is 6.06. The average molecular weight is 308 g/mol. The van der Waals surface area contributed by atoms with Crippen molar-refractivity contribution in [3.05, 3.63) is 70.8 Å². The molecule has 2 unspecified atom stereocenters. The highest BCUT2D eigenvalue weighted by atomic mass is 16.6. The van der Waals surface area contributed by atoms with Crippen LogP contribution in [-0.2, 0) is 22.4 Å². The zero-order valence-corrected chi connectivity index (χ0v) is 12.9. The molecular weight excluding hydrogens is 288 g/mol. The molecule has 0 radical (unpaired) electrons. The van der Waals surface area contributed by atoms with Gasteiger partial charge in [-0.2, -0.15) is 0 Å². The summed E-state index contributed by atoms with van der Waals surface area (Å²) in [6.45, 7) is 1.62. The normalized spacial score (nSPS) is 22.8. The number of rotatable bonds is 2. The fourth-order valence-electron chi connectivity index (χ4n) is 3.47. The summed E-state index contributed by atoms with van der Waals surface area (Å²) in [5.74, 6) is -0.216. The minimum atomic E-state index is -0.379. The Morgan fingerprint density at radius 3 is 2.26 bits per heavy atom. The Balaban J connectivity index is 1.56. The molecule has 2 atom stereocenters. The highest BCUT2D eigenvalue weighted by Gasteiger charge is 2.30. The van der Waals surface area contributed by atoms with E-state index in [0.717, 1.165) is 37.1 Å². The van der Waals surface area contributed by atoms with E-state index in [1.54, 1.807) is 0 Å². The summed E-state index contributed by atoms with van der Waals surface area (Å²) in [5, 5.41) is 6.58. The van der Waals surface area contributed by atoms with Gasteiger partial charge in [0, 0.05) is 18.7 Å². The average Bonchev–Trinajstić information content (AvgIpc) is 2.61. The fraction of sp³-hybridized carbons (Fsp3) is 0.316. The summed E-state index contributed by atoms with van der Waals surface area (Å²) in [5.41, 5.74) is 4.58. The first kappa shape index (κ1) is 14.4. The maximum Gasteiger partial charge on any atom is 0.329 e. The van der Waals surface area contributed by atoms with Gasteiger partial charge in [0.05, 0.1) is 0 Å². The summed E-state index contributed by atoms with van der Waals surface area (Å²) in [6.07, 6.45) is 1.56. The Labute approximate surface area is 135 Å². The molecule has 4 heteroatoms. The predicted molar refractivity (Wildman–Crippen MR) is 87.9 cm³/mol. The van der Waals surface area contributed by atoms with Crippen molar-refractivity contribution in [3.63, 3.8) is 0 Å². The molecule has 4 rings (SSSR count). The lowest BCUT2D eigenvalue weighted by molar-refractivity contribution is -0.154. The van der Waals surface area contributed by atoms with Crippen molar-refractivity contribution in [2.75, 3.05) is 13.1 Å². The Morgan fingerprint density at radius 1 is 0.870 bits per heavy atom. The van der Waals surface area contributed by atoms with Crippen LogP contribution < -0.4 is 10.6 Å². The molecule has 118 valence electrons. The number of carbonyl (C=O) groups excluding carboxylic acids is 1. The molecule has 23 heavy (non-hydrogen) atoms. The molecular formula is C19H20N2O2. The molecule has 2 N–H and O–H groups in total. The first-order valence-corrected chi connectivity index (χ1v) is 8.16. The van der Waals surface area contributed by atoms with Gasteiger partial charge in [-0.15, -0.1) is 0 Å². The van der Waals surface area contributed by atoms with Gasteiger partial charge < -0.3 is 10.1 Å². The molecule has 4 nitrogen and oxygen atoms in total. The highest BCUT2D eigenvalue weighted by molar-refractivity contribution is 5.79. The number of ether oxygens (including phenoxy) is 1. The third-order valence-electron chi connectivity index (χ3n) is 4.64. The lowest BCUT2D eigenvalue weighted by Gasteiger charge is -2.30. The largest absolute Gasteiger partial charge is 0.441 e. The third kappa shape index (κ3) is 2.76. The van der Waals surface area contributed by atoms with Crippen molar-refractivity contribution in [2.45, 2.75) is 25.1 Å². The molecule has 0 aromatic heterocycles. The van der Waals surface area contributed by atoms with Gasteiger partial charge in [-0.25, -0.2) is 4.79 Å². The van der Waals surface area contributed by atoms with E-state index in [0.29, 0.717) is 0 Å². The molecule has 2 heterocycles. The number of nitrogens with one attached hydrogen (secondary N) is 2. The van der Waals surface area contributed by atoms with E-state index in [1.807, 2.05) is 36.4 Å². The highest BCUT2D eigenvalue weighted by Crippen LogP contribution is 2.28. The van der Waals surface area contributed by atoms with E-state index in [9.17, 15) is 4.79 Å². The van der Waals surface area contributed by atoms with Crippen molar-refractivity contribution in [1.82, 2.24) is 10.6 Å². The van der Waals surface area contributed by atoms with Gasteiger partial charge >= 0.3 is 5.97 Å². The third-order valence-corrected chi connectivity index (χ3v) is 4.64. The van der Waals surface area contributed by atoms with Gasteiger partial charge in [-0.3, -0.25) is 5.32 Å². The smallest absolute Gasteiger partial charge is 0.329 e. The van der Waals surface area contributed by atoms with E-state index >= 15 is 0 Å². The predicted octanol–water partition coefficient (Wildman–Crippen LogP) is 2.26. The van der Waals surface area contributed by atoms with Gasteiger partial charge in [0.25, 0.3) is 0 Å². The quantitative estimate of drug-likeness (QED) is 0.836. The van der Waals surface area contributed by atoms with Crippen LogP contribution >= 0.6 is 0 Å². The van der Waals surface area contributed by atoms with Gasteiger partial charge in [0.1, 0.15) is 6.04 Å². The first-order chi connectivity index (χ1) is 11.3. The van der Waals surface area contributed by atoms with E-state index in [1.165, 1.54) is 11.1 Å². The van der Waals surface area contributed by atoms with E-state index in [-0.39, 0.29) is 18.2 Å². The summed E-state index contributed by atoms with van der Waals surface area (Å²) in [6, 6.07) is 15.9. The molecule has 2 aromatic rings. The first-order valence-electron chi connectivity index (χ1n) is 8.16. The van der Waals surface area contributed by atoms with Crippen molar-refractivity contribution >= 4 is 5.97 Å². The minimum absolute atomic E-state index is 0.216. The number of hydrogen-bond donors (Lipinski definition) is 2. The number of hydrogen-bond acceptors (Lipinski definition) is 4. The van der Waals surface area contributed by atoms with Gasteiger partial charge in [0.2, 0.25) is 0 Å². The van der Waals surface area contributed by atoms with E-state index in [4.69, 9.17) is 4.74 Å². The molecule has 0 amide bonds. The van der Waals surface area contributed by atoms with Crippen LogP contribution in [0.3, 0.4) is 0 Å². The monoisotopic (exact) mass is 308 g/mol. The standard InChI is InChI=1S/C19H20N2O2/c22-19(17-15-7-3-1-5-13(15)9-11-20-17)23-18-16-8-4-2-6-14(16)10-12-21-18/h1-8,17-18,20-21H,9-12H2. The maximum atomic E-state index is 12.7. The molecule has 2 aliphatic heterocycles. The molecule has 0 fully saturated rings. The Hall–Kier alpha value is -2.17. The molecule has 0 saturated carbocycles. The van der Waals surface area contributed by atoms with Crippen LogP contribution in [-0.4, -0.2) is 19.1 Å². The lowest BCUT2D eigenvalue weighted by atomic mass is 9.94. The van der Waals surface area contributed by atoms with Gasteiger partial charge in [-0.05, 0) is 29.5 Å². The minimum Gasteiger partial charge on any atom is -0.441 e. The second-order valence-corrected chi connectivity index (χ2v) is 6.06. The maximum absolute atomic E-state index is 12.7. The number of benzene rings is 2. The van der Waals surface area contributed by atoms with Crippen LogP contribution in [0, 0.1) is 0 Å². The molecule has 0 saturated heterocycles. The summed E-state index contributed by atoms with van der Waals surface area (Å²) in [7, 11) is 0. The van der Waals surface area contributed by atoms with Crippen molar-refractivity contribution in [2.24, 2.45) is 0 Å². The van der Waals surface area contributed by atoms with Crippen LogP contribution in [0.15, 0.2) is 48.5 Å². The van der Waals surface area contributed by atoms with Crippen LogP contribution in [0.5, 0.6) is 0 Å². The van der Waals surface area contributed by atoms with Gasteiger partial charge in [-0.1, -0.05) is 48.5 Å². The molecule has 2 aliphatic rings. The lowest BCUT2D eigenvalue weighted by Crippen LogP contribution is -2.39. The van der Waals surface area contributed by atoms with Crippen molar-refractivity contribution in [1.29, 1.82) is 0 Å². The molecule has 0 bridgehead atoms. The zero-order chi connectivity index (χ0) is 15.6. The van der Waals surface area contributed by atoms with Gasteiger partial charge in [0.15, 0.2) is 6.23 Å². The van der Waals surface area contributed by atoms with E-state index < -0.39 is 0 Å². The summed E-state index contributed by atoms with van der Waals surface area (Å²) in [4.78, 5) is 12.7. The molecule has 0 aliphatic carbocycles. The van der Waals surface area contributed by atoms with Crippen molar-refractivity contribution in [3.8, 4) is 0 Å². The second kappa shape index (κ2) is 6.14. The van der Waals surface area contributed by atoms with Crippen molar-refractivity contribution < 1.29 is 9.53 Å². The van der Waals surface area contributed by atoms with Crippen LogP contribution in [0.2, 0.25) is 0 Å². The summed E-state index contributed by atoms with van der Waals surface area (Å²) >= 11 is 0. The SMILES string of the molecule is O=C(OC1NCCc2ccccc21)C1NCCc2ccccc21. The van der Waals surface area contributed by atoms with Crippen LogP contribution in [0.25, 0.3) is 0 Å². The number of fused-ring (bicyclic) bond motifs is 2. The number of carbonyl (C=O) groups is 1. The summed E-state index contributed by atoms with van der Waals surface area (Å²) < 4.78 is 5.80. The molecule has 0 spiro atoms. The van der Waals surface area contributed by atoms with E-state index in [2.05, 4.69) is 22.8 Å². The number of esters is 1. The Kier molecular flexibility index (Phi) is 3.85. The Morgan fingerprint density at radius 2 is 1.48 bits per heavy atom. The Bertz CT molecular complexity index is 729.